The molecular formula is C14H26N2O4. The van der Waals surface area contributed by atoms with Crippen molar-refractivity contribution >= 4 is 11.9 Å². The minimum absolute atomic E-state index is 0.118. The van der Waals surface area contributed by atoms with Crippen molar-refractivity contribution in [2.75, 3.05) is 14.2 Å². The van der Waals surface area contributed by atoms with Gasteiger partial charge in [0.25, 0.3) is 0 Å². The third-order valence-electron chi connectivity index (χ3n) is 3.91. The van der Waals surface area contributed by atoms with Gasteiger partial charge in [-0.15, -0.1) is 0 Å². The molecule has 0 spiro atoms. The molecule has 0 N–H and O–H groups in total. The van der Waals surface area contributed by atoms with Crippen LogP contribution in [0.15, 0.2) is 10.2 Å². The van der Waals surface area contributed by atoms with Gasteiger partial charge in [-0.25, -0.2) is 9.59 Å². The summed E-state index contributed by atoms with van der Waals surface area (Å²) in [6.45, 7) is 10.7. The lowest BCUT2D eigenvalue weighted by molar-refractivity contribution is -0.150. The smallest absolute Gasteiger partial charge is 0.335 e. The van der Waals surface area contributed by atoms with E-state index in [2.05, 4.69) is 10.2 Å². The molecule has 0 saturated heterocycles. The second-order valence-electron chi connectivity index (χ2n) is 5.79. The first-order valence-corrected chi connectivity index (χ1v) is 6.67. The lowest BCUT2D eigenvalue weighted by atomic mass is 9.88. The number of methoxy groups -OCH3 is 2. The summed E-state index contributed by atoms with van der Waals surface area (Å²) in [7, 11) is 2.61. The number of nitrogens with zero attached hydrogens (tertiary/aromatic N) is 2. The van der Waals surface area contributed by atoms with E-state index in [1.165, 1.54) is 14.2 Å². The van der Waals surface area contributed by atoms with Crippen LogP contribution in [0.5, 0.6) is 0 Å². The molecule has 0 aromatic carbocycles. The van der Waals surface area contributed by atoms with Gasteiger partial charge in [0.15, 0.2) is 11.1 Å². The third kappa shape index (κ3) is 3.55. The van der Waals surface area contributed by atoms with Gasteiger partial charge < -0.3 is 9.47 Å². The zero-order chi connectivity index (χ0) is 16.1. The molecule has 0 aromatic heterocycles. The van der Waals surface area contributed by atoms with Gasteiger partial charge >= 0.3 is 11.9 Å². The molecule has 0 fully saturated rings. The zero-order valence-corrected chi connectivity index (χ0v) is 13.7. The van der Waals surface area contributed by atoms with Crippen molar-refractivity contribution in [3.8, 4) is 0 Å². The largest absolute Gasteiger partial charge is 0.467 e. The van der Waals surface area contributed by atoms with Gasteiger partial charge in [-0.05, 0) is 25.7 Å². The fourth-order valence-electron chi connectivity index (χ4n) is 1.40. The van der Waals surface area contributed by atoms with E-state index in [1.807, 2.05) is 27.7 Å². The summed E-state index contributed by atoms with van der Waals surface area (Å²) in [6.07, 6.45) is 0. The molecule has 0 aliphatic heterocycles. The van der Waals surface area contributed by atoms with Gasteiger partial charge in [-0.2, -0.15) is 10.2 Å². The number of carbonyl (C=O) groups is 2. The minimum Gasteiger partial charge on any atom is -0.467 e. The average Bonchev–Trinajstić information content (AvgIpc) is 2.41. The minimum atomic E-state index is -1.13. The molecule has 0 aromatic rings. The van der Waals surface area contributed by atoms with E-state index >= 15 is 0 Å². The number of ether oxygens (including phenoxy) is 2. The summed E-state index contributed by atoms with van der Waals surface area (Å²) in [5, 5.41) is 8.28. The van der Waals surface area contributed by atoms with Gasteiger partial charge in [0, 0.05) is 0 Å². The van der Waals surface area contributed by atoms with Gasteiger partial charge in [0.2, 0.25) is 0 Å². The fourth-order valence-corrected chi connectivity index (χ4v) is 1.40. The molecule has 6 nitrogen and oxygen atoms in total. The predicted octanol–water partition coefficient (Wildman–Crippen LogP) is 2.61. The molecule has 0 saturated carbocycles. The maximum Gasteiger partial charge on any atom is 0.335 e. The highest BCUT2D eigenvalue weighted by molar-refractivity contribution is 5.82. The standard InChI is InChI=1S/C14H26N2O4/c1-9(2)13(5,11(17)19-7)15-16-14(6,10(3)4)12(18)20-8/h9-10H,1-8H3. The first kappa shape index (κ1) is 18.5. The summed E-state index contributed by atoms with van der Waals surface area (Å²) in [6, 6.07) is 0. The Kier molecular flexibility index (Phi) is 6.32. The number of carbonyl (C=O) groups excluding carboxylic acids is 2. The van der Waals surface area contributed by atoms with E-state index < -0.39 is 23.0 Å². The molecule has 0 rings (SSSR count). The second-order valence-corrected chi connectivity index (χ2v) is 5.79. The van der Waals surface area contributed by atoms with E-state index in [0.29, 0.717) is 0 Å². The van der Waals surface area contributed by atoms with E-state index in [4.69, 9.17) is 9.47 Å². The Morgan fingerprint density at radius 2 is 1.05 bits per heavy atom. The number of hydrogen-bond acceptors (Lipinski definition) is 6. The van der Waals surface area contributed by atoms with Crippen molar-refractivity contribution in [2.24, 2.45) is 22.1 Å². The van der Waals surface area contributed by atoms with Crippen molar-refractivity contribution in [2.45, 2.75) is 52.6 Å². The Morgan fingerprint density at radius 3 is 1.20 bits per heavy atom. The highest BCUT2D eigenvalue weighted by Crippen LogP contribution is 2.29. The number of hydrogen-bond donors (Lipinski definition) is 0. The molecule has 0 heterocycles. The lowest BCUT2D eigenvalue weighted by Gasteiger charge is -2.29. The molecule has 2 unspecified atom stereocenters. The second kappa shape index (κ2) is 6.81. The van der Waals surface area contributed by atoms with Gasteiger partial charge in [-0.3, -0.25) is 0 Å². The Balaban J connectivity index is 5.60. The highest BCUT2D eigenvalue weighted by atomic mass is 16.5. The van der Waals surface area contributed by atoms with Crippen molar-refractivity contribution in [1.82, 2.24) is 0 Å². The number of azo groups is 1. The highest BCUT2D eigenvalue weighted by Gasteiger charge is 2.42. The van der Waals surface area contributed by atoms with Crippen molar-refractivity contribution in [3.63, 3.8) is 0 Å². The van der Waals surface area contributed by atoms with Crippen LogP contribution in [0.25, 0.3) is 0 Å². The normalized spacial score (nSPS) is 17.9. The van der Waals surface area contributed by atoms with Gasteiger partial charge in [0.05, 0.1) is 14.2 Å². The maximum absolute atomic E-state index is 11.9. The Bertz CT molecular complexity index is 357. The topological polar surface area (TPSA) is 77.3 Å². The molecule has 6 heteroatoms. The molecular weight excluding hydrogens is 260 g/mol. The van der Waals surface area contributed by atoms with Crippen molar-refractivity contribution < 1.29 is 19.1 Å². The Morgan fingerprint density at radius 1 is 0.800 bits per heavy atom. The number of esters is 2. The molecule has 0 amide bonds. The lowest BCUT2D eigenvalue weighted by Crippen LogP contribution is -2.43. The van der Waals surface area contributed by atoms with Crippen molar-refractivity contribution in [1.29, 1.82) is 0 Å². The van der Waals surface area contributed by atoms with Crippen LogP contribution in [-0.2, 0) is 19.1 Å². The van der Waals surface area contributed by atoms with Crippen LogP contribution in [0.3, 0.4) is 0 Å². The molecule has 2 atom stereocenters. The van der Waals surface area contributed by atoms with E-state index in [0.717, 1.165) is 0 Å². The van der Waals surface area contributed by atoms with Crippen LogP contribution in [0.1, 0.15) is 41.5 Å². The molecule has 0 aliphatic carbocycles. The summed E-state index contributed by atoms with van der Waals surface area (Å²) in [5.74, 6) is -1.19. The Hall–Kier alpha value is -1.46. The van der Waals surface area contributed by atoms with Gasteiger partial charge in [-0.1, -0.05) is 27.7 Å². The fraction of sp³-hybridized carbons (Fsp3) is 0.857. The molecule has 20 heavy (non-hydrogen) atoms. The average molecular weight is 286 g/mol. The van der Waals surface area contributed by atoms with Crippen LogP contribution < -0.4 is 0 Å². The van der Waals surface area contributed by atoms with Crippen molar-refractivity contribution in [3.05, 3.63) is 0 Å². The summed E-state index contributed by atoms with van der Waals surface area (Å²) >= 11 is 0. The van der Waals surface area contributed by atoms with E-state index in [-0.39, 0.29) is 11.8 Å². The van der Waals surface area contributed by atoms with E-state index in [1.54, 1.807) is 13.8 Å². The quantitative estimate of drug-likeness (QED) is 0.555. The van der Waals surface area contributed by atoms with Crippen LogP contribution in [-0.4, -0.2) is 37.2 Å². The number of rotatable bonds is 6. The zero-order valence-electron chi connectivity index (χ0n) is 13.7. The summed E-state index contributed by atoms with van der Waals surface area (Å²) in [5.41, 5.74) is -2.25. The first-order valence-electron chi connectivity index (χ1n) is 6.67. The maximum atomic E-state index is 11.9. The van der Waals surface area contributed by atoms with Crippen LogP contribution in [0.2, 0.25) is 0 Å². The molecule has 116 valence electrons. The third-order valence-corrected chi connectivity index (χ3v) is 3.91. The predicted molar refractivity (Wildman–Crippen MR) is 75.4 cm³/mol. The van der Waals surface area contributed by atoms with Gasteiger partial charge in [0.1, 0.15) is 0 Å². The molecule has 0 bridgehead atoms. The Labute approximate surface area is 120 Å². The summed E-state index contributed by atoms with van der Waals surface area (Å²) < 4.78 is 9.56. The van der Waals surface area contributed by atoms with Crippen LogP contribution in [0.4, 0.5) is 0 Å². The SMILES string of the molecule is COC(=O)C(C)(N=NC(C)(C(=O)OC)C(C)C)C(C)C. The first-order chi connectivity index (χ1) is 9.06. The molecule has 0 aliphatic rings. The molecule has 0 radical (unpaired) electrons. The van der Waals surface area contributed by atoms with E-state index in [9.17, 15) is 9.59 Å². The van der Waals surface area contributed by atoms with Crippen LogP contribution in [0, 0.1) is 11.8 Å². The van der Waals surface area contributed by atoms with Crippen LogP contribution >= 0.6 is 0 Å². The summed E-state index contributed by atoms with van der Waals surface area (Å²) in [4.78, 5) is 23.8. The monoisotopic (exact) mass is 286 g/mol.